The van der Waals surface area contributed by atoms with Gasteiger partial charge in [0.15, 0.2) is 0 Å². The van der Waals surface area contributed by atoms with Gasteiger partial charge in [-0.1, -0.05) is 12.1 Å². The minimum atomic E-state index is 0. The van der Waals surface area contributed by atoms with E-state index in [2.05, 4.69) is 15.7 Å². The number of anilines is 1. The predicted octanol–water partition coefficient (Wildman–Crippen LogP) is 2.70. The number of hydrogen-bond donors (Lipinski definition) is 2. The molecule has 1 unspecified atom stereocenters. The minimum Gasteiger partial charge on any atom is -0.326 e. The van der Waals surface area contributed by atoms with E-state index in [-0.39, 0.29) is 24.4 Å². The molecule has 0 radical (unpaired) electrons. The second-order valence-corrected chi connectivity index (χ2v) is 7.04. The lowest BCUT2D eigenvalue weighted by molar-refractivity contribution is -0.116. The summed E-state index contributed by atoms with van der Waals surface area (Å²) in [5, 5.41) is 10.6. The summed E-state index contributed by atoms with van der Waals surface area (Å²) in [6.07, 6.45) is 4.40. The molecule has 0 aliphatic carbocycles. The summed E-state index contributed by atoms with van der Waals surface area (Å²) in [5.74, 6) is 2.21. The van der Waals surface area contributed by atoms with Gasteiger partial charge in [-0.2, -0.15) is 16.9 Å². The largest absolute Gasteiger partial charge is 0.326 e. The third-order valence-electron chi connectivity index (χ3n) is 3.77. The lowest BCUT2D eigenvalue weighted by Gasteiger charge is -2.22. The summed E-state index contributed by atoms with van der Waals surface area (Å²) in [6.45, 7) is 3.76. The predicted molar refractivity (Wildman–Crippen MR) is 102 cm³/mol. The van der Waals surface area contributed by atoms with Crippen LogP contribution in [0.1, 0.15) is 17.5 Å². The van der Waals surface area contributed by atoms with E-state index in [0.29, 0.717) is 6.42 Å². The van der Waals surface area contributed by atoms with Gasteiger partial charge in [-0.05, 0) is 30.2 Å². The molecular formula is C17H23ClN4OS. The molecule has 130 valence electrons. The number of carbonyl (C=O) groups is 1. The van der Waals surface area contributed by atoms with Crippen molar-refractivity contribution in [3.05, 3.63) is 47.8 Å². The molecule has 1 aliphatic rings. The van der Waals surface area contributed by atoms with Crippen LogP contribution in [0.2, 0.25) is 0 Å². The molecule has 1 atom stereocenters. The van der Waals surface area contributed by atoms with Gasteiger partial charge in [0.2, 0.25) is 5.91 Å². The van der Waals surface area contributed by atoms with Crippen LogP contribution >= 0.6 is 24.2 Å². The van der Waals surface area contributed by atoms with Crippen molar-refractivity contribution >= 4 is 35.8 Å². The molecule has 2 heterocycles. The van der Waals surface area contributed by atoms with Crippen LogP contribution in [0.25, 0.3) is 0 Å². The first-order chi connectivity index (χ1) is 11.2. The normalized spacial score (nSPS) is 17.1. The topological polar surface area (TPSA) is 59.0 Å². The summed E-state index contributed by atoms with van der Waals surface area (Å²) in [5.41, 5.74) is 3.17. The maximum Gasteiger partial charge on any atom is 0.225 e. The van der Waals surface area contributed by atoms with Crippen molar-refractivity contribution < 1.29 is 4.79 Å². The van der Waals surface area contributed by atoms with Gasteiger partial charge in [0.05, 0.1) is 12.7 Å². The number of halogens is 1. The highest BCUT2D eigenvalue weighted by atomic mass is 35.5. The number of aromatic nitrogens is 2. The molecule has 24 heavy (non-hydrogen) atoms. The molecule has 1 aromatic heterocycles. The molecule has 0 bridgehead atoms. The zero-order chi connectivity index (χ0) is 16.1. The number of nitrogens with one attached hydrogen (secondary N) is 2. The fourth-order valence-corrected chi connectivity index (χ4v) is 3.57. The highest BCUT2D eigenvalue weighted by Gasteiger charge is 2.16. The van der Waals surface area contributed by atoms with Gasteiger partial charge in [-0.25, -0.2) is 0 Å². The van der Waals surface area contributed by atoms with E-state index in [4.69, 9.17) is 0 Å². The Morgan fingerprint density at radius 2 is 2.21 bits per heavy atom. The van der Waals surface area contributed by atoms with Crippen molar-refractivity contribution in [2.45, 2.75) is 25.9 Å². The number of rotatable bonds is 5. The molecular weight excluding hydrogens is 344 g/mol. The van der Waals surface area contributed by atoms with E-state index in [1.807, 2.05) is 60.0 Å². The Morgan fingerprint density at radius 3 is 2.83 bits per heavy atom. The van der Waals surface area contributed by atoms with Gasteiger partial charge in [0, 0.05) is 42.4 Å². The van der Waals surface area contributed by atoms with E-state index in [1.165, 1.54) is 0 Å². The third-order valence-corrected chi connectivity index (χ3v) is 4.91. The average molecular weight is 367 g/mol. The first-order valence-electron chi connectivity index (χ1n) is 7.88. The fraction of sp³-hybridized carbons (Fsp3) is 0.412. The fourth-order valence-electron chi connectivity index (χ4n) is 2.62. The Kier molecular flexibility index (Phi) is 7.15. The molecule has 5 nitrogen and oxygen atoms in total. The lowest BCUT2D eigenvalue weighted by Crippen LogP contribution is -2.39. The number of hydrogen-bond acceptors (Lipinski definition) is 4. The molecule has 1 amide bonds. The van der Waals surface area contributed by atoms with E-state index in [9.17, 15) is 4.79 Å². The van der Waals surface area contributed by atoms with E-state index in [1.54, 1.807) is 0 Å². The standard InChI is InChI=1S/C17H22N4OS.ClH/c1-13-9-19-21(10-13)11-14-2-4-15(5-3-14)20-17(22)8-16-12-23-7-6-18-16;/h2-5,9-10,16,18H,6-8,11-12H2,1H3,(H,20,22);1H. The second-order valence-electron chi connectivity index (χ2n) is 5.89. The van der Waals surface area contributed by atoms with E-state index >= 15 is 0 Å². The quantitative estimate of drug-likeness (QED) is 0.854. The van der Waals surface area contributed by atoms with Gasteiger partial charge in [-0.15, -0.1) is 12.4 Å². The van der Waals surface area contributed by atoms with Crippen LogP contribution < -0.4 is 10.6 Å². The Balaban J connectivity index is 0.00000208. The molecule has 2 N–H and O–H groups in total. The molecule has 3 rings (SSSR count). The SMILES string of the molecule is Cc1cnn(Cc2ccc(NC(=O)CC3CSCCN3)cc2)c1.Cl. The summed E-state index contributed by atoms with van der Waals surface area (Å²) in [6, 6.07) is 8.25. The number of thioether (sulfide) groups is 1. The summed E-state index contributed by atoms with van der Waals surface area (Å²) in [7, 11) is 0. The van der Waals surface area contributed by atoms with Crippen molar-refractivity contribution in [2.24, 2.45) is 0 Å². The van der Waals surface area contributed by atoms with Crippen LogP contribution in [-0.2, 0) is 11.3 Å². The van der Waals surface area contributed by atoms with Crippen molar-refractivity contribution in [3.63, 3.8) is 0 Å². The van der Waals surface area contributed by atoms with Crippen LogP contribution in [0.15, 0.2) is 36.7 Å². The molecule has 2 aromatic rings. The number of benzene rings is 1. The van der Waals surface area contributed by atoms with Crippen LogP contribution in [0.5, 0.6) is 0 Å². The Bertz CT molecular complexity index is 653. The number of carbonyl (C=O) groups excluding carboxylic acids is 1. The second kappa shape index (κ2) is 9.11. The molecule has 1 saturated heterocycles. The van der Waals surface area contributed by atoms with E-state index < -0.39 is 0 Å². The highest BCUT2D eigenvalue weighted by Crippen LogP contribution is 2.14. The van der Waals surface area contributed by atoms with Crippen molar-refractivity contribution in [3.8, 4) is 0 Å². The minimum absolute atomic E-state index is 0. The molecule has 7 heteroatoms. The van der Waals surface area contributed by atoms with Gasteiger partial charge < -0.3 is 10.6 Å². The van der Waals surface area contributed by atoms with Crippen LogP contribution in [-0.4, -0.2) is 39.8 Å². The van der Waals surface area contributed by atoms with Gasteiger partial charge in [-0.3, -0.25) is 9.48 Å². The molecule has 1 fully saturated rings. The van der Waals surface area contributed by atoms with Crippen LogP contribution in [0, 0.1) is 6.92 Å². The maximum absolute atomic E-state index is 12.1. The highest BCUT2D eigenvalue weighted by molar-refractivity contribution is 7.99. The first-order valence-corrected chi connectivity index (χ1v) is 9.03. The van der Waals surface area contributed by atoms with E-state index in [0.717, 1.165) is 41.4 Å². The number of nitrogens with zero attached hydrogens (tertiary/aromatic N) is 2. The molecule has 0 saturated carbocycles. The maximum atomic E-state index is 12.1. The third kappa shape index (κ3) is 5.54. The van der Waals surface area contributed by atoms with Crippen molar-refractivity contribution in [1.82, 2.24) is 15.1 Å². The number of aryl methyl sites for hydroxylation is 1. The Morgan fingerprint density at radius 1 is 1.42 bits per heavy atom. The summed E-state index contributed by atoms with van der Waals surface area (Å²) >= 11 is 1.91. The zero-order valence-corrected chi connectivity index (χ0v) is 15.3. The van der Waals surface area contributed by atoms with Crippen molar-refractivity contribution in [1.29, 1.82) is 0 Å². The lowest BCUT2D eigenvalue weighted by atomic mass is 10.2. The number of amides is 1. The van der Waals surface area contributed by atoms with Crippen molar-refractivity contribution in [2.75, 3.05) is 23.4 Å². The average Bonchev–Trinajstić information content (AvgIpc) is 2.95. The van der Waals surface area contributed by atoms with Gasteiger partial charge in [0.1, 0.15) is 0 Å². The first kappa shape index (κ1) is 18.8. The summed E-state index contributed by atoms with van der Waals surface area (Å²) in [4.78, 5) is 12.1. The van der Waals surface area contributed by atoms with Crippen LogP contribution in [0.4, 0.5) is 5.69 Å². The Hall–Kier alpha value is -1.50. The summed E-state index contributed by atoms with van der Waals surface area (Å²) < 4.78 is 1.91. The molecule has 0 spiro atoms. The van der Waals surface area contributed by atoms with Crippen LogP contribution in [0.3, 0.4) is 0 Å². The van der Waals surface area contributed by atoms with Gasteiger partial charge >= 0.3 is 0 Å². The van der Waals surface area contributed by atoms with Gasteiger partial charge in [0.25, 0.3) is 0 Å². The molecule has 1 aliphatic heterocycles. The monoisotopic (exact) mass is 366 g/mol. The molecule has 1 aromatic carbocycles. The zero-order valence-electron chi connectivity index (χ0n) is 13.7. The smallest absolute Gasteiger partial charge is 0.225 e. The Labute approximate surface area is 153 Å².